The van der Waals surface area contributed by atoms with Crippen molar-refractivity contribution in [3.05, 3.63) is 47.0 Å². The predicted molar refractivity (Wildman–Crippen MR) is 104 cm³/mol. The molecule has 8 heteroatoms. The Bertz CT molecular complexity index is 756. The maximum Gasteiger partial charge on any atom is 0.250 e. The van der Waals surface area contributed by atoms with Crippen molar-refractivity contribution in [2.75, 3.05) is 27.1 Å². The number of amides is 1. The fourth-order valence-corrected chi connectivity index (χ4v) is 2.86. The monoisotopic (exact) mass is 394 g/mol. The summed E-state index contributed by atoms with van der Waals surface area (Å²) in [7, 11) is 4.63. The number of hydrogen-bond acceptors (Lipinski definition) is 6. The zero-order chi connectivity index (χ0) is 18.9. The SMILES string of the molecule is COc1cc(OC)c(/C=N\NC(=O)CSc2ccc(Cl)cc2)c(OC)c1. The lowest BCUT2D eigenvalue weighted by Crippen LogP contribution is -2.19. The minimum atomic E-state index is -0.229. The zero-order valence-electron chi connectivity index (χ0n) is 14.6. The molecule has 0 aliphatic rings. The van der Waals surface area contributed by atoms with Crippen LogP contribution in [-0.2, 0) is 4.79 Å². The van der Waals surface area contributed by atoms with Gasteiger partial charge in [-0.25, -0.2) is 5.43 Å². The fourth-order valence-electron chi connectivity index (χ4n) is 2.04. The van der Waals surface area contributed by atoms with E-state index in [0.29, 0.717) is 27.8 Å². The Labute approximate surface area is 161 Å². The minimum Gasteiger partial charge on any atom is -0.496 e. The lowest BCUT2D eigenvalue weighted by Gasteiger charge is -2.12. The Morgan fingerprint density at radius 3 is 2.27 bits per heavy atom. The summed E-state index contributed by atoms with van der Waals surface area (Å²) in [6, 6.07) is 10.7. The van der Waals surface area contributed by atoms with E-state index in [4.69, 9.17) is 25.8 Å². The maximum atomic E-state index is 11.9. The molecular formula is C18H19ClN2O4S. The molecule has 0 atom stereocenters. The molecule has 1 amide bonds. The molecule has 0 heterocycles. The first-order chi connectivity index (χ1) is 12.6. The van der Waals surface area contributed by atoms with E-state index in [1.54, 1.807) is 31.4 Å². The van der Waals surface area contributed by atoms with Crippen LogP contribution in [0.15, 0.2) is 46.4 Å². The molecule has 0 bridgehead atoms. The number of hydrogen-bond donors (Lipinski definition) is 1. The van der Waals surface area contributed by atoms with Crippen LogP contribution in [0.3, 0.4) is 0 Å². The van der Waals surface area contributed by atoms with Gasteiger partial charge in [0, 0.05) is 22.1 Å². The molecule has 0 aliphatic carbocycles. The molecule has 0 saturated heterocycles. The summed E-state index contributed by atoms with van der Waals surface area (Å²) in [5, 5.41) is 4.64. The highest BCUT2D eigenvalue weighted by atomic mass is 35.5. The number of rotatable bonds is 8. The van der Waals surface area contributed by atoms with Gasteiger partial charge < -0.3 is 14.2 Å². The van der Waals surface area contributed by atoms with Crippen molar-refractivity contribution < 1.29 is 19.0 Å². The van der Waals surface area contributed by atoms with Gasteiger partial charge in [0.15, 0.2) is 0 Å². The quantitative estimate of drug-likeness (QED) is 0.421. The van der Waals surface area contributed by atoms with Gasteiger partial charge in [0.05, 0.1) is 38.9 Å². The van der Waals surface area contributed by atoms with Crippen molar-refractivity contribution in [1.29, 1.82) is 0 Å². The highest BCUT2D eigenvalue weighted by Gasteiger charge is 2.11. The molecule has 0 spiro atoms. The van der Waals surface area contributed by atoms with E-state index in [9.17, 15) is 4.79 Å². The third-order valence-electron chi connectivity index (χ3n) is 3.32. The van der Waals surface area contributed by atoms with Gasteiger partial charge >= 0.3 is 0 Å². The number of nitrogens with one attached hydrogen (secondary N) is 1. The highest BCUT2D eigenvalue weighted by molar-refractivity contribution is 8.00. The second kappa shape index (κ2) is 9.94. The van der Waals surface area contributed by atoms with Gasteiger partial charge in [0.2, 0.25) is 5.91 Å². The highest BCUT2D eigenvalue weighted by Crippen LogP contribution is 2.32. The smallest absolute Gasteiger partial charge is 0.250 e. The lowest BCUT2D eigenvalue weighted by molar-refractivity contribution is -0.118. The zero-order valence-corrected chi connectivity index (χ0v) is 16.2. The van der Waals surface area contributed by atoms with E-state index < -0.39 is 0 Å². The maximum absolute atomic E-state index is 11.9. The summed E-state index contributed by atoms with van der Waals surface area (Å²) in [5.74, 6) is 1.65. The second-order valence-corrected chi connectivity index (χ2v) is 6.47. The minimum absolute atomic E-state index is 0.229. The van der Waals surface area contributed by atoms with E-state index in [-0.39, 0.29) is 11.7 Å². The van der Waals surface area contributed by atoms with Crippen LogP contribution in [0, 0.1) is 0 Å². The van der Waals surface area contributed by atoms with Crippen molar-refractivity contribution >= 4 is 35.5 Å². The number of methoxy groups -OCH3 is 3. The van der Waals surface area contributed by atoms with Gasteiger partial charge in [-0.1, -0.05) is 11.6 Å². The molecule has 138 valence electrons. The number of ether oxygens (including phenoxy) is 3. The molecule has 0 radical (unpaired) electrons. The first-order valence-corrected chi connectivity index (χ1v) is 8.94. The average Bonchev–Trinajstić information content (AvgIpc) is 2.67. The van der Waals surface area contributed by atoms with Crippen LogP contribution in [0.2, 0.25) is 5.02 Å². The number of benzene rings is 2. The van der Waals surface area contributed by atoms with Crippen LogP contribution in [-0.4, -0.2) is 39.2 Å². The number of hydrazone groups is 1. The number of halogens is 1. The topological polar surface area (TPSA) is 69.2 Å². The lowest BCUT2D eigenvalue weighted by atomic mass is 10.2. The summed E-state index contributed by atoms with van der Waals surface area (Å²) < 4.78 is 15.8. The largest absolute Gasteiger partial charge is 0.496 e. The van der Waals surface area contributed by atoms with Crippen molar-refractivity contribution in [3.63, 3.8) is 0 Å². The van der Waals surface area contributed by atoms with Gasteiger partial charge in [-0.2, -0.15) is 5.10 Å². The molecular weight excluding hydrogens is 376 g/mol. The van der Waals surface area contributed by atoms with E-state index >= 15 is 0 Å². The molecule has 0 unspecified atom stereocenters. The molecule has 6 nitrogen and oxygen atoms in total. The molecule has 0 saturated carbocycles. The van der Waals surface area contributed by atoms with Crippen LogP contribution in [0.5, 0.6) is 17.2 Å². The van der Waals surface area contributed by atoms with Gasteiger partial charge in [-0.3, -0.25) is 4.79 Å². The number of nitrogens with zero attached hydrogens (tertiary/aromatic N) is 1. The van der Waals surface area contributed by atoms with Crippen molar-refractivity contribution in [1.82, 2.24) is 5.43 Å². The first kappa shape index (κ1) is 19.9. The molecule has 0 aliphatic heterocycles. The third-order valence-corrected chi connectivity index (χ3v) is 4.58. The Balaban J connectivity index is 1.98. The number of carbonyl (C=O) groups is 1. The third kappa shape index (κ3) is 5.57. The van der Waals surface area contributed by atoms with Crippen LogP contribution < -0.4 is 19.6 Å². The van der Waals surface area contributed by atoms with E-state index in [0.717, 1.165) is 4.90 Å². The Hall–Kier alpha value is -2.38. The van der Waals surface area contributed by atoms with Crippen LogP contribution in [0.25, 0.3) is 0 Å². The van der Waals surface area contributed by atoms with E-state index in [1.165, 1.54) is 32.2 Å². The van der Waals surface area contributed by atoms with Gasteiger partial charge in [0.1, 0.15) is 17.2 Å². The predicted octanol–water partition coefficient (Wildman–Crippen LogP) is 3.61. The molecule has 2 rings (SSSR count). The van der Waals surface area contributed by atoms with Crippen LogP contribution >= 0.6 is 23.4 Å². The molecule has 0 fully saturated rings. The van der Waals surface area contributed by atoms with Crippen molar-refractivity contribution in [2.45, 2.75) is 4.90 Å². The summed E-state index contributed by atoms with van der Waals surface area (Å²) in [6.07, 6.45) is 1.47. The number of carbonyl (C=O) groups excluding carboxylic acids is 1. The Kier molecular flexibility index (Phi) is 7.62. The fraction of sp³-hybridized carbons (Fsp3) is 0.222. The van der Waals surface area contributed by atoms with Gasteiger partial charge in [-0.05, 0) is 24.3 Å². The molecule has 1 N–H and O–H groups in total. The first-order valence-electron chi connectivity index (χ1n) is 7.57. The summed E-state index contributed by atoms with van der Waals surface area (Å²) in [6.45, 7) is 0. The van der Waals surface area contributed by atoms with E-state index in [2.05, 4.69) is 10.5 Å². The van der Waals surface area contributed by atoms with E-state index in [1.807, 2.05) is 12.1 Å². The summed E-state index contributed by atoms with van der Waals surface area (Å²) in [5.41, 5.74) is 3.08. The van der Waals surface area contributed by atoms with Crippen molar-refractivity contribution in [2.24, 2.45) is 5.10 Å². The summed E-state index contributed by atoms with van der Waals surface area (Å²) >= 11 is 7.23. The Morgan fingerprint density at radius 1 is 1.12 bits per heavy atom. The second-order valence-electron chi connectivity index (χ2n) is 4.98. The van der Waals surface area contributed by atoms with Crippen LogP contribution in [0.1, 0.15) is 5.56 Å². The van der Waals surface area contributed by atoms with Crippen LogP contribution in [0.4, 0.5) is 0 Å². The van der Waals surface area contributed by atoms with Gasteiger partial charge in [0.25, 0.3) is 0 Å². The summed E-state index contributed by atoms with van der Waals surface area (Å²) in [4.78, 5) is 12.9. The molecule has 2 aromatic rings. The number of thioether (sulfide) groups is 1. The average molecular weight is 395 g/mol. The normalized spacial score (nSPS) is 10.6. The molecule has 26 heavy (non-hydrogen) atoms. The van der Waals surface area contributed by atoms with Gasteiger partial charge in [-0.15, -0.1) is 11.8 Å². The van der Waals surface area contributed by atoms with Crippen molar-refractivity contribution in [3.8, 4) is 17.2 Å². The molecule has 0 aromatic heterocycles. The standard InChI is InChI=1S/C18H19ClN2O4S/c1-23-13-8-16(24-2)15(17(9-13)25-3)10-20-21-18(22)11-26-14-6-4-12(19)5-7-14/h4-10H,11H2,1-3H3,(H,21,22)/b20-10-. The molecule has 2 aromatic carbocycles. The Morgan fingerprint density at radius 2 is 1.73 bits per heavy atom.